The van der Waals surface area contributed by atoms with Crippen LogP contribution in [0.1, 0.15) is 6.42 Å². The fourth-order valence-electron chi connectivity index (χ4n) is 1.67. The summed E-state index contributed by atoms with van der Waals surface area (Å²) < 4.78 is 6.47. The Hall–Kier alpha value is -1.99. The fourth-order valence-corrected chi connectivity index (χ4v) is 1.67. The maximum atomic E-state index is 9.54. The Bertz CT molecular complexity index is 488. The fraction of sp³-hybridized carbons (Fsp3) is 0.417. The Morgan fingerprint density at radius 1 is 1.37 bits per heavy atom. The molecule has 19 heavy (non-hydrogen) atoms. The van der Waals surface area contributed by atoms with Crippen molar-refractivity contribution < 1.29 is 9.84 Å². The van der Waals surface area contributed by atoms with Crippen molar-refractivity contribution in [3.05, 3.63) is 30.3 Å². The van der Waals surface area contributed by atoms with Gasteiger partial charge in [0.1, 0.15) is 0 Å². The van der Waals surface area contributed by atoms with Gasteiger partial charge in [-0.2, -0.15) is 4.68 Å². The second-order valence-corrected chi connectivity index (χ2v) is 4.07. The number of tetrazole rings is 1. The van der Waals surface area contributed by atoms with Gasteiger partial charge in [0.2, 0.25) is 5.95 Å². The molecule has 2 aromatic rings. The molecule has 1 unspecified atom stereocenters. The van der Waals surface area contributed by atoms with Gasteiger partial charge in [-0.05, 0) is 29.0 Å². The van der Waals surface area contributed by atoms with Crippen LogP contribution in [0, 0.1) is 0 Å². The van der Waals surface area contributed by atoms with Crippen molar-refractivity contribution in [1.29, 1.82) is 0 Å². The summed E-state index contributed by atoms with van der Waals surface area (Å²) in [6, 6.07) is 9.61. The van der Waals surface area contributed by atoms with E-state index in [1.54, 1.807) is 11.8 Å². The lowest BCUT2D eigenvalue weighted by Crippen LogP contribution is -2.19. The minimum atomic E-state index is -0.487. The Morgan fingerprint density at radius 3 is 2.89 bits per heavy atom. The van der Waals surface area contributed by atoms with Crippen LogP contribution in [-0.2, 0) is 4.74 Å². The molecule has 0 fully saturated rings. The Kier molecular flexibility index (Phi) is 4.82. The number of para-hydroxylation sites is 1. The van der Waals surface area contributed by atoms with Crippen LogP contribution < -0.4 is 5.32 Å². The van der Waals surface area contributed by atoms with E-state index in [1.807, 2.05) is 30.3 Å². The third-order valence-corrected chi connectivity index (χ3v) is 2.59. The van der Waals surface area contributed by atoms with Gasteiger partial charge in [0.15, 0.2) is 0 Å². The average molecular weight is 263 g/mol. The lowest BCUT2D eigenvalue weighted by Gasteiger charge is -2.10. The summed E-state index contributed by atoms with van der Waals surface area (Å²) in [4.78, 5) is 0. The topological polar surface area (TPSA) is 85.1 Å². The summed E-state index contributed by atoms with van der Waals surface area (Å²) in [5.41, 5.74) is 0.882. The van der Waals surface area contributed by atoms with Gasteiger partial charge >= 0.3 is 0 Å². The molecule has 0 bridgehead atoms. The highest BCUT2D eigenvalue weighted by Crippen LogP contribution is 2.10. The van der Waals surface area contributed by atoms with Crippen LogP contribution >= 0.6 is 0 Å². The maximum absolute atomic E-state index is 9.54. The lowest BCUT2D eigenvalue weighted by atomic mass is 10.3. The van der Waals surface area contributed by atoms with E-state index < -0.39 is 6.10 Å². The molecule has 0 aliphatic rings. The maximum Gasteiger partial charge on any atom is 0.247 e. The summed E-state index contributed by atoms with van der Waals surface area (Å²) in [6.45, 7) is 0.892. The number of aromatic nitrogens is 4. The number of nitrogens with one attached hydrogen (secondary N) is 1. The number of benzene rings is 1. The molecule has 0 saturated heterocycles. The number of ether oxygens (including phenoxy) is 1. The molecule has 7 heteroatoms. The van der Waals surface area contributed by atoms with Crippen molar-refractivity contribution in [3.63, 3.8) is 0 Å². The molecular weight excluding hydrogens is 246 g/mol. The zero-order valence-corrected chi connectivity index (χ0v) is 10.7. The van der Waals surface area contributed by atoms with Gasteiger partial charge in [-0.3, -0.25) is 0 Å². The quantitative estimate of drug-likeness (QED) is 0.755. The molecule has 1 aromatic heterocycles. The predicted molar refractivity (Wildman–Crippen MR) is 70.1 cm³/mol. The van der Waals surface area contributed by atoms with Crippen LogP contribution in [0.3, 0.4) is 0 Å². The molecule has 0 saturated carbocycles. The zero-order valence-electron chi connectivity index (χ0n) is 10.7. The predicted octanol–water partition coefficient (Wildman–Crippen LogP) is 0.472. The smallest absolute Gasteiger partial charge is 0.247 e. The van der Waals surface area contributed by atoms with Crippen molar-refractivity contribution >= 4 is 5.95 Å². The SMILES string of the molecule is COCC(O)CCNc1nnnn1-c1ccccc1. The Morgan fingerprint density at radius 2 is 2.16 bits per heavy atom. The van der Waals surface area contributed by atoms with Gasteiger partial charge in [-0.25, -0.2) is 0 Å². The second kappa shape index (κ2) is 6.81. The third-order valence-electron chi connectivity index (χ3n) is 2.59. The molecule has 1 atom stereocenters. The first kappa shape index (κ1) is 13.4. The van der Waals surface area contributed by atoms with Crippen molar-refractivity contribution in [3.8, 4) is 5.69 Å². The highest BCUT2D eigenvalue weighted by atomic mass is 16.5. The molecule has 0 aliphatic carbocycles. The number of hydrogen-bond donors (Lipinski definition) is 2. The molecule has 2 rings (SSSR count). The second-order valence-electron chi connectivity index (χ2n) is 4.07. The highest BCUT2D eigenvalue weighted by Gasteiger charge is 2.08. The monoisotopic (exact) mass is 263 g/mol. The van der Waals surface area contributed by atoms with E-state index >= 15 is 0 Å². The highest BCUT2D eigenvalue weighted by molar-refractivity contribution is 5.38. The lowest BCUT2D eigenvalue weighted by molar-refractivity contribution is 0.0615. The normalized spacial score (nSPS) is 12.3. The summed E-state index contributed by atoms with van der Waals surface area (Å²) in [7, 11) is 1.56. The van der Waals surface area contributed by atoms with Crippen molar-refractivity contribution in [2.45, 2.75) is 12.5 Å². The zero-order chi connectivity index (χ0) is 13.5. The van der Waals surface area contributed by atoms with E-state index in [0.29, 0.717) is 25.5 Å². The van der Waals surface area contributed by atoms with E-state index in [1.165, 1.54) is 0 Å². The van der Waals surface area contributed by atoms with Crippen molar-refractivity contribution in [1.82, 2.24) is 20.2 Å². The molecular formula is C12H17N5O2. The van der Waals surface area contributed by atoms with E-state index in [9.17, 15) is 5.11 Å². The first-order valence-electron chi connectivity index (χ1n) is 6.06. The van der Waals surface area contributed by atoms with Crippen molar-refractivity contribution in [2.24, 2.45) is 0 Å². The van der Waals surface area contributed by atoms with Crippen LogP contribution in [0.4, 0.5) is 5.95 Å². The van der Waals surface area contributed by atoms with E-state index in [-0.39, 0.29) is 0 Å². The number of rotatable bonds is 7. The summed E-state index contributed by atoms with van der Waals surface area (Å²) >= 11 is 0. The number of aliphatic hydroxyl groups excluding tert-OH is 1. The summed E-state index contributed by atoms with van der Waals surface area (Å²) in [5.74, 6) is 0.552. The standard InChI is InChI=1S/C12H17N5O2/c1-19-9-11(18)7-8-13-12-14-15-16-17(12)10-5-3-2-4-6-10/h2-6,11,18H,7-9H2,1H3,(H,13,14,16). The van der Waals surface area contributed by atoms with Gasteiger partial charge in [-0.15, -0.1) is 0 Å². The largest absolute Gasteiger partial charge is 0.391 e. The molecule has 1 heterocycles. The first-order valence-corrected chi connectivity index (χ1v) is 6.06. The van der Waals surface area contributed by atoms with Gasteiger partial charge in [-0.1, -0.05) is 23.3 Å². The van der Waals surface area contributed by atoms with E-state index in [2.05, 4.69) is 20.8 Å². The Labute approximate surface area is 111 Å². The average Bonchev–Trinajstić information content (AvgIpc) is 2.88. The van der Waals surface area contributed by atoms with E-state index in [0.717, 1.165) is 5.69 Å². The third kappa shape index (κ3) is 3.73. The minimum Gasteiger partial charge on any atom is -0.391 e. The minimum absolute atomic E-state index is 0.325. The van der Waals surface area contributed by atoms with Crippen molar-refractivity contribution in [2.75, 3.05) is 25.6 Å². The molecule has 0 aliphatic heterocycles. The van der Waals surface area contributed by atoms with Gasteiger partial charge < -0.3 is 15.2 Å². The van der Waals surface area contributed by atoms with Crippen LogP contribution in [0.25, 0.3) is 5.69 Å². The van der Waals surface area contributed by atoms with Gasteiger partial charge in [0.25, 0.3) is 0 Å². The molecule has 0 amide bonds. The van der Waals surface area contributed by atoms with Crippen LogP contribution in [0.15, 0.2) is 30.3 Å². The van der Waals surface area contributed by atoms with Crippen LogP contribution in [0.5, 0.6) is 0 Å². The molecule has 1 aromatic carbocycles. The number of anilines is 1. The van der Waals surface area contributed by atoms with Crippen LogP contribution in [-0.4, -0.2) is 51.7 Å². The number of hydrogen-bond acceptors (Lipinski definition) is 6. The molecule has 2 N–H and O–H groups in total. The molecule has 102 valence electrons. The molecule has 7 nitrogen and oxygen atoms in total. The van der Waals surface area contributed by atoms with Crippen LogP contribution in [0.2, 0.25) is 0 Å². The summed E-state index contributed by atoms with van der Waals surface area (Å²) in [6.07, 6.45) is 0.0775. The number of nitrogens with zero attached hydrogens (tertiary/aromatic N) is 4. The molecule has 0 radical (unpaired) electrons. The molecule has 0 spiro atoms. The Balaban J connectivity index is 1.94. The van der Waals surface area contributed by atoms with E-state index in [4.69, 9.17) is 4.74 Å². The number of methoxy groups -OCH3 is 1. The number of aliphatic hydroxyl groups is 1. The first-order chi connectivity index (χ1) is 9.31. The summed E-state index contributed by atoms with van der Waals surface area (Å²) in [5, 5.41) is 24.1. The van der Waals surface area contributed by atoms with Gasteiger partial charge in [0, 0.05) is 13.7 Å². The van der Waals surface area contributed by atoms with Gasteiger partial charge in [0.05, 0.1) is 18.4 Å².